The predicted molar refractivity (Wildman–Crippen MR) is 115 cm³/mol. The SMILES string of the molecule is CCC(CC)CCC(COCCCCC(CC)(CC)CC(=O)O)CS(N)(=O)=O. The van der Waals surface area contributed by atoms with Crippen molar-refractivity contribution < 1.29 is 23.1 Å². The van der Waals surface area contributed by atoms with Crippen molar-refractivity contribution in [2.45, 2.75) is 91.9 Å². The highest BCUT2D eigenvalue weighted by atomic mass is 32.2. The zero-order valence-corrected chi connectivity index (χ0v) is 19.2. The van der Waals surface area contributed by atoms with Crippen LogP contribution >= 0.6 is 0 Å². The summed E-state index contributed by atoms with van der Waals surface area (Å²) in [5.41, 5.74) is -0.128. The first-order valence-electron chi connectivity index (χ1n) is 10.9. The molecular weight excluding hydrogens is 378 g/mol. The maximum Gasteiger partial charge on any atom is 0.303 e. The van der Waals surface area contributed by atoms with Gasteiger partial charge in [-0.1, -0.05) is 53.4 Å². The van der Waals surface area contributed by atoms with Crippen LogP contribution in [0.2, 0.25) is 0 Å². The molecule has 0 aliphatic rings. The topological polar surface area (TPSA) is 107 Å². The number of carboxylic acids is 1. The second kappa shape index (κ2) is 14.3. The number of sulfonamides is 1. The molecule has 0 aromatic carbocycles. The number of hydrogen-bond donors (Lipinski definition) is 2. The van der Waals surface area contributed by atoms with Crippen LogP contribution in [-0.2, 0) is 19.6 Å². The van der Waals surface area contributed by atoms with Crippen LogP contribution in [0, 0.1) is 17.3 Å². The number of hydrogen-bond acceptors (Lipinski definition) is 4. The molecule has 1 unspecified atom stereocenters. The van der Waals surface area contributed by atoms with E-state index in [1.807, 2.05) is 0 Å². The monoisotopic (exact) mass is 421 g/mol. The van der Waals surface area contributed by atoms with Crippen molar-refractivity contribution in [2.75, 3.05) is 19.0 Å². The minimum absolute atomic E-state index is 0.0272. The molecule has 168 valence electrons. The van der Waals surface area contributed by atoms with Crippen molar-refractivity contribution in [2.24, 2.45) is 22.4 Å². The van der Waals surface area contributed by atoms with E-state index < -0.39 is 16.0 Å². The van der Waals surface area contributed by atoms with Gasteiger partial charge < -0.3 is 9.84 Å². The molecule has 3 N–H and O–H groups in total. The molecule has 6 nitrogen and oxygen atoms in total. The Morgan fingerprint density at radius 2 is 1.61 bits per heavy atom. The number of unbranched alkanes of at least 4 members (excludes halogenated alkanes) is 1. The lowest BCUT2D eigenvalue weighted by Crippen LogP contribution is -2.27. The van der Waals surface area contributed by atoms with Gasteiger partial charge in [0.15, 0.2) is 0 Å². The van der Waals surface area contributed by atoms with E-state index in [0.717, 1.165) is 57.8 Å². The van der Waals surface area contributed by atoms with Gasteiger partial charge in [0.2, 0.25) is 10.0 Å². The second-order valence-corrected chi connectivity index (χ2v) is 9.92. The Labute approximate surface area is 172 Å². The Balaban J connectivity index is 4.35. The first kappa shape index (κ1) is 27.3. The molecule has 1 atom stereocenters. The van der Waals surface area contributed by atoms with E-state index in [4.69, 9.17) is 15.0 Å². The van der Waals surface area contributed by atoms with Crippen molar-refractivity contribution in [3.8, 4) is 0 Å². The third kappa shape index (κ3) is 12.7. The van der Waals surface area contributed by atoms with Gasteiger partial charge in [-0.2, -0.15) is 0 Å². The summed E-state index contributed by atoms with van der Waals surface area (Å²) in [4.78, 5) is 11.1. The van der Waals surface area contributed by atoms with E-state index in [1.54, 1.807) is 0 Å². The van der Waals surface area contributed by atoms with E-state index in [9.17, 15) is 13.2 Å². The molecule has 7 heteroatoms. The Bertz CT molecular complexity index is 513. The summed E-state index contributed by atoms with van der Waals surface area (Å²) in [5, 5.41) is 14.4. The molecule has 28 heavy (non-hydrogen) atoms. The molecule has 0 aromatic rings. The summed E-state index contributed by atoms with van der Waals surface area (Å²) in [6, 6.07) is 0. The fourth-order valence-electron chi connectivity index (χ4n) is 3.93. The van der Waals surface area contributed by atoms with Crippen molar-refractivity contribution >= 4 is 16.0 Å². The van der Waals surface area contributed by atoms with Gasteiger partial charge in [0.1, 0.15) is 0 Å². The summed E-state index contributed by atoms with van der Waals surface area (Å²) in [7, 11) is -3.51. The van der Waals surface area contributed by atoms with Gasteiger partial charge in [-0.25, -0.2) is 13.6 Å². The third-order valence-corrected chi connectivity index (χ3v) is 7.17. The van der Waals surface area contributed by atoms with Gasteiger partial charge in [-0.05, 0) is 49.4 Å². The van der Waals surface area contributed by atoms with Crippen molar-refractivity contribution in [3.63, 3.8) is 0 Å². The van der Waals surface area contributed by atoms with Crippen LogP contribution < -0.4 is 5.14 Å². The zero-order valence-electron chi connectivity index (χ0n) is 18.4. The first-order valence-corrected chi connectivity index (χ1v) is 12.6. The van der Waals surface area contributed by atoms with E-state index in [2.05, 4.69) is 27.7 Å². The molecular formula is C21H43NO5S. The smallest absolute Gasteiger partial charge is 0.303 e. The molecule has 0 bridgehead atoms. The molecule has 0 fully saturated rings. The molecule has 0 saturated heterocycles. The maximum absolute atomic E-state index is 11.5. The number of aliphatic carboxylic acids is 1. The van der Waals surface area contributed by atoms with Crippen LogP contribution in [0.15, 0.2) is 0 Å². The normalized spacial score (nSPS) is 13.8. The molecule has 0 radical (unpaired) electrons. The second-order valence-electron chi connectivity index (χ2n) is 8.27. The fourth-order valence-corrected chi connectivity index (χ4v) is 4.85. The van der Waals surface area contributed by atoms with Crippen LogP contribution in [0.1, 0.15) is 91.9 Å². The van der Waals surface area contributed by atoms with Gasteiger partial charge >= 0.3 is 5.97 Å². The molecule has 0 amide bonds. The Morgan fingerprint density at radius 1 is 1.04 bits per heavy atom. The Hall–Kier alpha value is -0.660. The molecule has 0 aromatic heterocycles. The largest absolute Gasteiger partial charge is 0.481 e. The lowest BCUT2D eigenvalue weighted by atomic mass is 9.75. The molecule has 0 rings (SSSR count). The van der Waals surface area contributed by atoms with Crippen LogP contribution in [0.5, 0.6) is 0 Å². The van der Waals surface area contributed by atoms with Gasteiger partial charge in [0.25, 0.3) is 0 Å². The Kier molecular flexibility index (Phi) is 14.0. The molecule has 0 aliphatic carbocycles. The average molecular weight is 422 g/mol. The highest BCUT2D eigenvalue weighted by Gasteiger charge is 2.28. The summed E-state index contributed by atoms with van der Waals surface area (Å²) >= 11 is 0. The van der Waals surface area contributed by atoms with Crippen LogP contribution in [0.25, 0.3) is 0 Å². The van der Waals surface area contributed by atoms with Crippen LogP contribution in [0.3, 0.4) is 0 Å². The number of ether oxygens (including phenoxy) is 1. The van der Waals surface area contributed by atoms with Crippen molar-refractivity contribution in [3.05, 3.63) is 0 Å². The van der Waals surface area contributed by atoms with Gasteiger partial charge in [-0.15, -0.1) is 0 Å². The number of nitrogens with two attached hydrogens (primary N) is 1. The molecule has 0 aliphatic heterocycles. The lowest BCUT2D eigenvalue weighted by Gasteiger charge is -2.30. The minimum Gasteiger partial charge on any atom is -0.481 e. The van der Waals surface area contributed by atoms with E-state index in [-0.39, 0.29) is 23.5 Å². The minimum atomic E-state index is -3.51. The van der Waals surface area contributed by atoms with Crippen molar-refractivity contribution in [1.29, 1.82) is 0 Å². The summed E-state index contributed by atoms with van der Waals surface area (Å²) < 4.78 is 28.8. The van der Waals surface area contributed by atoms with E-state index >= 15 is 0 Å². The van der Waals surface area contributed by atoms with Crippen molar-refractivity contribution in [1.82, 2.24) is 0 Å². The quantitative estimate of drug-likeness (QED) is 0.315. The van der Waals surface area contributed by atoms with Gasteiger partial charge in [0, 0.05) is 6.61 Å². The van der Waals surface area contributed by atoms with Gasteiger partial charge in [-0.3, -0.25) is 4.79 Å². The van der Waals surface area contributed by atoms with E-state index in [0.29, 0.717) is 19.1 Å². The Morgan fingerprint density at radius 3 is 2.07 bits per heavy atom. The maximum atomic E-state index is 11.5. The lowest BCUT2D eigenvalue weighted by molar-refractivity contribution is -0.140. The standard InChI is InChI=1S/C21H43NO5S/c1-5-18(6-2)11-12-19(17-28(22,25)26)16-27-14-10-9-13-21(7-3,8-4)15-20(23)24/h18-19H,5-17H2,1-4H3,(H,23,24)(H2,22,25,26). The number of carboxylic acid groups (broad SMARTS) is 1. The molecule has 0 spiro atoms. The van der Waals surface area contributed by atoms with E-state index in [1.165, 1.54) is 0 Å². The highest BCUT2D eigenvalue weighted by molar-refractivity contribution is 7.89. The predicted octanol–water partition coefficient (Wildman–Crippen LogP) is 4.58. The number of primary sulfonamides is 1. The molecule has 0 heterocycles. The fraction of sp³-hybridized carbons (Fsp3) is 0.952. The summed E-state index contributed by atoms with van der Waals surface area (Å²) in [6.07, 6.45) is 8.62. The van der Waals surface area contributed by atoms with Crippen LogP contribution in [-0.4, -0.2) is 38.5 Å². The zero-order chi connectivity index (χ0) is 21.6. The third-order valence-electron chi connectivity index (χ3n) is 6.23. The first-order chi connectivity index (χ1) is 13.1. The summed E-state index contributed by atoms with van der Waals surface area (Å²) in [6.45, 7) is 9.43. The number of rotatable bonds is 18. The summed E-state index contributed by atoms with van der Waals surface area (Å²) in [5.74, 6) is -0.203. The number of carbonyl (C=O) groups is 1. The molecule has 0 saturated carbocycles. The average Bonchev–Trinajstić information content (AvgIpc) is 2.62. The van der Waals surface area contributed by atoms with Gasteiger partial charge in [0.05, 0.1) is 18.8 Å². The van der Waals surface area contributed by atoms with Crippen LogP contribution in [0.4, 0.5) is 0 Å². The highest BCUT2D eigenvalue weighted by Crippen LogP contribution is 2.36.